The summed E-state index contributed by atoms with van der Waals surface area (Å²) in [6.07, 6.45) is 11.4. The number of amides is 1. The summed E-state index contributed by atoms with van der Waals surface area (Å²) in [5.74, 6) is 2.55. The average Bonchev–Trinajstić information content (AvgIpc) is 2.78. The molecule has 0 N–H and O–H groups in total. The molecule has 0 aromatic carbocycles. The highest BCUT2D eigenvalue weighted by molar-refractivity contribution is 5.80. The van der Waals surface area contributed by atoms with Gasteiger partial charge in [-0.05, 0) is 38.0 Å². The van der Waals surface area contributed by atoms with E-state index in [4.69, 9.17) is 0 Å². The molecular formula is C19H30N4O. The predicted octanol–water partition coefficient (Wildman–Crippen LogP) is 2.52. The molecule has 0 spiro atoms. The van der Waals surface area contributed by atoms with Crippen molar-refractivity contribution in [3.63, 3.8) is 0 Å². The van der Waals surface area contributed by atoms with Crippen LogP contribution in [0.3, 0.4) is 0 Å². The van der Waals surface area contributed by atoms with Crippen LogP contribution >= 0.6 is 0 Å². The van der Waals surface area contributed by atoms with E-state index in [1.54, 1.807) is 0 Å². The van der Waals surface area contributed by atoms with Gasteiger partial charge in [0, 0.05) is 44.6 Å². The first-order valence-electron chi connectivity index (χ1n) is 9.77. The summed E-state index contributed by atoms with van der Waals surface area (Å²) in [5, 5.41) is 0. The third-order valence-corrected chi connectivity index (χ3v) is 6.18. The van der Waals surface area contributed by atoms with Crippen molar-refractivity contribution in [1.29, 1.82) is 0 Å². The smallest absolute Gasteiger partial charge is 0.227 e. The molecule has 5 nitrogen and oxygen atoms in total. The van der Waals surface area contributed by atoms with E-state index in [9.17, 15) is 4.79 Å². The zero-order chi connectivity index (χ0) is 16.5. The van der Waals surface area contributed by atoms with Crippen molar-refractivity contribution in [3.05, 3.63) is 18.2 Å². The topological polar surface area (TPSA) is 41.4 Å². The average molecular weight is 330 g/mol. The molecule has 0 radical (unpaired) electrons. The number of carbonyl (C=O) groups excluding carboxylic acids is 1. The first-order valence-corrected chi connectivity index (χ1v) is 9.77. The van der Waals surface area contributed by atoms with Crippen molar-refractivity contribution in [2.75, 3.05) is 19.6 Å². The Balaban J connectivity index is 1.45. The van der Waals surface area contributed by atoms with Crippen molar-refractivity contribution >= 4 is 5.91 Å². The molecule has 1 saturated carbocycles. The molecule has 4 aliphatic rings. The van der Waals surface area contributed by atoms with Gasteiger partial charge in [-0.25, -0.2) is 4.98 Å². The number of piperidine rings is 1. The van der Waals surface area contributed by atoms with Crippen LogP contribution < -0.4 is 0 Å². The molecule has 1 aromatic rings. The summed E-state index contributed by atoms with van der Waals surface area (Å²) in [4.78, 5) is 22.2. The summed E-state index contributed by atoms with van der Waals surface area (Å²) < 4.78 is 2.26. The molecule has 132 valence electrons. The predicted molar refractivity (Wildman–Crippen MR) is 93.4 cm³/mol. The number of imidazole rings is 1. The van der Waals surface area contributed by atoms with Crippen LogP contribution in [0, 0.1) is 11.8 Å². The van der Waals surface area contributed by atoms with Gasteiger partial charge in [-0.15, -0.1) is 0 Å². The Labute approximate surface area is 145 Å². The first kappa shape index (κ1) is 16.1. The minimum atomic E-state index is 0.207. The zero-order valence-electron chi connectivity index (χ0n) is 14.9. The van der Waals surface area contributed by atoms with Gasteiger partial charge in [-0.3, -0.25) is 9.69 Å². The highest BCUT2D eigenvalue weighted by atomic mass is 16.2. The molecule has 5 heteroatoms. The molecule has 4 fully saturated rings. The van der Waals surface area contributed by atoms with Gasteiger partial charge in [0.1, 0.15) is 5.82 Å². The summed E-state index contributed by atoms with van der Waals surface area (Å²) in [7, 11) is 0. The largest absolute Gasteiger partial charge is 0.338 e. The maximum atomic E-state index is 12.9. The fraction of sp³-hybridized carbons (Fsp3) is 0.789. The minimum absolute atomic E-state index is 0.207. The quantitative estimate of drug-likeness (QED) is 0.805. The lowest BCUT2D eigenvalue weighted by Gasteiger charge is -2.40. The van der Waals surface area contributed by atoms with Crippen LogP contribution in [0.15, 0.2) is 12.4 Å². The summed E-state index contributed by atoms with van der Waals surface area (Å²) in [5.41, 5.74) is 0. The fourth-order valence-electron chi connectivity index (χ4n) is 4.59. The van der Waals surface area contributed by atoms with Crippen LogP contribution in [0.5, 0.6) is 0 Å². The fourth-order valence-corrected chi connectivity index (χ4v) is 4.59. The Morgan fingerprint density at radius 3 is 2.83 bits per heavy atom. The summed E-state index contributed by atoms with van der Waals surface area (Å²) in [6, 6.07) is 0.423. The molecule has 2 bridgehead atoms. The van der Waals surface area contributed by atoms with Crippen LogP contribution in [0.25, 0.3) is 0 Å². The minimum Gasteiger partial charge on any atom is -0.338 e. The number of aryl methyl sites for hydroxylation is 1. The van der Waals surface area contributed by atoms with Gasteiger partial charge >= 0.3 is 0 Å². The van der Waals surface area contributed by atoms with Crippen LogP contribution in [0.1, 0.15) is 51.3 Å². The van der Waals surface area contributed by atoms with Crippen LogP contribution in [0.2, 0.25) is 0 Å². The zero-order valence-corrected chi connectivity index (χ0v) is 14.9. The van der Waals surface area contributed by atoms with E-state index in [1.807, 2.05) is 6.20 Å². The normalized spacial score (nSPS) is 28.2. The number of nitrogens with zero attached hydrogens (tertiary/aromatic N) is 4. The van der Waals surface area contributed by atoms with E-state index >= 15 is 0 Å². The van der Waals surface area contributed by atoms with Crippen LogP contribution in [0.4, 0.5) is 0 Å². The lowest BCUT2D eigenvalue weighted by Crippen LogP contribution is -2.50. The molecule has 1 amide bonds. The maximum absolute atomic E-state index is 12.9. The van der Waals surface area contributed by atoms with E-state index in [2.05, 4.69) is 32.5 Å². The number of fused-ring (bicyclic) bond motifs is 4. The van der Waals surface area contributed by atoms with Crippen molar-refractivity contribution in [1.82, 2.24) is 19.4 Å². The van der Waals surface area contributed by atoms with E-state index in [-0.39, 0.29) is 5.92 Å². The molecule has 4 heterocycles. The Hall–Kier alpha value is -1.36. The van der Waals surface area contributed by atoms with E-state index in [0.29, 0.717) is 11.9 Å². The second-order valence-electron chi connectivity index (χ2n) is 7.95. The SMILES string of the molecule is CCCn1ccnc1CN1C[C@@H]2CC[C@H](C1)N(CC1CCC1)C2=O. The molecule has 2 atom stereocenters. The van der Waals surface area contributed by atoms with Gasteiger partial charge in [0.05, 0.1) is 12.5 Å². The summed E-state index contributed by atoms with van der Waals surface area (Å²) in [6.45, 7) is 7.06. The number of aromatic nitrogens is 2. The Kier molecular flexibility index (Phi) is 4.61. The monoisotopic (exact) mass is 330 g/mol. The van der Waals surface area contributed by atoms with Gasteiger partial charge in [-0.2, -0.15) is 0 Å². The van der Waals surface area contributed by atoms with Gasteiger partial charge in [-0.1, -0.05) is 13.3 Å². The molecule has 3 aliphatic heterocycles. The van der Waals surface area contributed by atoms with Crippen molar-refractivity contribution in [3.8, 4) is 0 Å². The molecular weight excluding hydrogens is 300 g/mol. The Morgan fingerprint density at radius 1 is 1.21 bits per heavy atom. The van der Waals surface area contributed by atoms with E-state index < -0.39 is 0 Å². The number of rotatable bonds is 6. The highest BCUT2D eigenvalue weighted by Crippen LogP contribution is 2.34. The van der Waals surface area contributed by atoms with Gasteiger partial charge in [0.2, 0.25) is 5.91 Å². The Morgan fingerprint density at radius 2 is 2.08 bits per heavy atom. The summed E-state index contributed by atoms with van der Waals surface area (Å²) >= 11 is 0. The van der Waals surface area contributed by atoms with E-state index in [0.717, 1.165) is 57.3 Å². The van der Waals surface area contributed by atoms with Gasteiger partial charge < -0.3 is 9.47 Å². The number of hydrogen-bond donors (Lipinski definition) is 0. The van der Waals surface area contributed by atoms with Crippen molar-refractivity contribution < 1.29 is 4.79 Å². The molecule has 1 aliphatic carbocycles. The molecule has 0 unspecified atom stereocenters. The second kappa shape index (κ2) is 6.87. The Bertz CT molecular complexity index is 580. The third-order valence-electron chi connectivity index (χ3n) is 6.18. The first-order chi connectivity index (χ1) is 11.7. The van der Waals surface area contributed by atoms with Gasteiger partial charge in [0.25, 0.3) is 0 Å². The molecule has 5 rings (SSSR count). The van der Waals surface area contributed by atoms with Crippen molar-refractivity contribution in [2.24, 2.45) is 11.8 Å². The molecule has 3 saturated heterocycles. The van der Waals surface area contributed by atoms with Crippen LogP contribution in [-0.2, 0) is 17.9 Å². The molecule has 24 heavy (non-hydrogen) atoms. The maximum Gasteiger partial charge on any atom is 0.227 e. The number of carbonyl (C=O) groups is 1. The van der Waals surface area contributed by atoms with Crippen LogP contribution in [-0.4, -0.2) is 50.9 Å². The lowest BCUT2D eigenvalue weighted by atomic mass is 9.83. The number of hydrogen-bond acceptors (Lipinski definition) is 3. The lowest BCUT2D eigenvalue weighted by molar-refractivity contribution is -0.141. The molecule has 1 aromatic heterocycles. The van der Waals surface area contributed by atoms with Crippen molar-refractivity contribution in [2.45, 2.75) is 64.6 Å². The van der Waals surface area contributed by atoms with E-state index in [1.165, 1.54) is 25.7 Å². The second-order valence-corrected chi connectivity index (χ2v) is 7.95. The third kappa shape index (κ3) is 3.10. The standard InChI is InChI=1S/C19H30N4O/c1-2-9-22-10-8-20-18(22)14-21-12-16-6-7-17(13-21)23(19(16)24)11-15-4-3-5-15/h8,10,15-17H,2-7,9,11-14H2,1H3/t16-,17+/m0/s1. The highest BCUT2D eigenvalue weighted by Gasteiger charge is 2.41. The van der Waals surface area contributed by atoms with Gasteiger partial charge in [0.15, 0.2) is 0 Å².